The van der Waals surface area contributed by atoms with Gasteiger partial charge in [0.05, 0.1) is 12.2 Å². The minimum Gasteiger partial charge on any atom is -0.359 e. The summed E-state index contributed by atoms with van der Waals surface area (Å²) in [4.78, 5) is 6.35. The highest BCUT2D eigenvalue weighted by Gasteiger charge is 2.10. The Bertz CT molecular complexity index is 649. The van der Waals surface area contributed by atoms with Crippen molar-refractivity contribution in [2.24, 2.45) is 4.99 Å². The maximum atomic E-state index is 5.91. The van der Waals surface area contributed by atoms with E-state index in [0.717, 1.165) is 29.0 Å². The van der Waals surface area contributed by atoms with Gasteiger partial charge in [0.25, 0.3) is 0 Å². The monoisotopic (exact) mass is 334 g/mol. The summed E-state index contributed by atoms with van der Waals surface area (Å²) < 4.78 is 5.33. The van der Waals surface area contributed by atoms with E-state index in [9.17, 15) is 0 Å². The molecule has 0 aliphatic carbocycles. The van der Waals surface area contributed by atoms with Crippen molar-refractivity contribution in [3.63, 3.8) is 0 Å². The summed E-state index contributed by atoms with van der Waals surface area (Å²) in [6, 6.07) is 9.78. The molecule has 0 aliphatic heterocycles. The minimum absolute atomic E-state index is 0.361. The second-order valence-electron chi connectivity index (χ2n) is 5.76. The molecular formula is C17H23ClN4O. The second kappa shape index (κ2) is 8.02. The van der Waals surface area contributed by atoms with E-state index in [0.29, 0.717) is 12.5 Å². The number of rotatable bonds is 5. The number of nitrogens with zero attached hydrogens (tertiary/aromatic N) is 3. The lowest BCUT2D eigenvalue weighted by molar-refractivity contribution is 0.369. The zero-order valence-electron chi connectivity index (χ0n) is 14.0. The van der Waals surface area contributed by atoms with Gasteiger partial charge in [-0.15, -0.1) is 0 Å². The Balaban J connectivity index is 1.92. The number of halogens is 1. The van der Waals surface area contributed by atoms with Crippen molar-refractivity contribution in [3.05, 3.63) is 52.4 Å². The molecule has 0 saturated carbocycles. The lowest BCUT2D eigenvalue weighted by Gasteiger charge is -2.21. The summed E-state index contributed by atoms with van der Waals surface area (Å²) in [5.41, 5.74) is 2.13. The Kier molecular flexibility index (Phi) is 6.04. The molecule has 1 heterocycles. The fraction of sp³-hybridized carbons (Fsp3) is 0.412. The molecule has 1 aromatic carbocycles. The summed E-state index contributed by atoms with van der Waals surface area (Å²) >= 11 is 5.91. The molecule has 5 nitrogen and oxygen atoms in total. The van der Waals surface area contributed by atoms with Gasteiger partial charge in [-0.3, -0.25) is 4.99 Å². The van der Waals surface area contributed by atoms with Gasteiger partial charge in [-0.05, 0) is 23.6 Å². The first-order chi connectivity index (χ1) is 11.0. The third kappa shape index (κ3) is 4.99. The topological polar surface area (TPSA) is 53.7 Å². The maximum Gasteiger partial charge on any atom is 0.194 e. The van der Waals surface area contributed by atoms with Gasteiger partial charge in [-0.1, -0.05) is 42.7 Å². The fourth-order valence-corrected chi connectivity index (χ4v) is 2.30. The Morgan fingerprint density at radius 2 is 2.04 bits per heavy atom. The lowest BCUT2D eigenvalue weighted by Crippen LogP contribution is -2.37. The van der Waals surface area contributed by atoms with Crippen molar-refractivity contribution < 1.29 is 4.52 Å². The van der Waals surface area contributed by atoms with Crippen LogP contribution < -0.4 is 5.32 Å². The number of nitrogens with one attached hydrogen (secondary N) is 1. The molecule has 0 radical (unpaired) electrons. The molecule has 2 aromatic rings. The molecular weight excluding hydrogens is 312 g/mol. The van der Waals surface area contributed by atoms with Crippen LogP contribution in [0.25, 0.3) is 0 Å². The van der Waals surface area contributed by atoms with Gasteiger partial charge in [0.2, 0.25) is 0 Å². The average molecular weight is 335 g/mol. The highest BCUT2D eigenvalue weighted by Crippen LogP contribution is 2.14. The average Bonchev–Trinajstić information content (AvgIpc) is 2.99. The maximum absolute atomic E-state index is 5.91. The van der Waals surface area contributed by atoms with Crippen LogP contribution in [0, 0.1) is 0 Å². The molecule has 0 bridgehead atoms. The molecule has 0 spiro atoms. The van der Waals surface area contributed by atoms with Gasteiger partial charge >= 0.3 is 0 Å². The van der Waals surface area contributed by atoms with Crippen LogP contribution in [0.3, 0.4) is 0 Å². The van der Waals surface area contributed by atoms with Gasteiger partial charge in [-0.25, -0.2) is 0 Å². The van der Waals surface area contributed by atoms with Crippen LogP contribution >= 0.6 is 11.6 Å². The first-order valence-electron chi connectivity index (χ1n) is 7.61. The molecule has 0 amide bonds. The minimum atomic E-state index is 0.361. The van der Waals surface area contributed by atoms with E-state index in [1.165, 1.54) is 5.56 Å². The third-order valence-electron chi connectivity index (χ3n) is 3.50. The Hall–Kier alpha value is -2.01. The molecule has 1 N–H and O–H groups in total. The van der Waals surface area contributed by atoms with E-state index in [-0.39, 0.29) is 0 Å². The zero-order valence-corrected chi connectivity index (χ0v) is 14.8. The largest absolute Gasteiger partial charge is 0.359 e. The summed E-state index contributed by atoms with van der Waals surface area (Å²) in [5, 5.41) is 8.09. The molecule has 6 heteroatoms. The molecule has 0 atom stereocenters. The smallest absolute Gasteiger partial charge is 0.194 e. The molecule has 124 valence electrons. The van der Waals surface area contributed by atoms with Gasteiger partial charge in [0.15, 0.2) is 11.7 Å². The van der Waals surface area contributed by atoms with Crippen LogP contribution in [0.1, 0.15) is 36.8 Å². The normalized spacial score (nSPS) is 11.8. The van der Waals surface area contributed by atoms with Crippen molar-refractivity contribution in [1.29, 1.82) is 0 Å². The quantitative estimate of drug-likeness (QED) is 0.669. The predicted molar refractivity (Wildman–Crippen MR) is 93.7 cm³/mol. The van der Waals surface area contributed by atoms with Crippen LogP contribution in [0.4, 0.5) is 0 Å². The van der Waals surface area contributed by atoms with E-state index in [1.54, 1.807) is 7.05 Å². The van der Waals surface area contributed by atoms with Crippen molar-refractivity contribution >= 4 is 17.6 Å². The van der Waals surface area contributed by atoms with Gasteiger partial charge in [0, 0.05) is 31.7 Å². The van der Waals surface area contributed by atoms with Crippen molar-refractivity contribution in [2.75, 3.05) is 14.1 Å². The summed E-state index contributed by atoms with van der Waals surface area (Å²) in [6.07, 6.45) is 0. The number of aromatic nitrogens is 1. The molecule has 23 heavy (non-hydrogen) atoms. The van der Waals surface area contributed by atoms with E-state index >= 15 is 0 Å². The SMILES string of the molecule is CN=C(NCc1cc(C(C)C)no1)N(C)Cc1ccc(Cl)cc1. The standard InChI is InChI=1S/C17H23ClN4O/c1-12(2)16-9-15(23-21-16)10-20-17(19-3)22(4)11-13-5-7-14(18)8-6-13/h5-9,12H,10-11H2,1-4H3,(H,19,20). The number of guanidine groups is 1. The zero-order chi connectivity index (χ0) is 16.8. The fourth-order valence-electron chi connectivity index (χ4n) is 2.17. The molecule has 0 fully saturated rings. The second-order valence-corrected chi connectivity index (χ2v) is 6.19. The molecule has 2 rings (SSSR count). The molecule has 0 unspecified atom stereocenters. The van der Waals surface area contributed by atoms with Crippen molar-refractivity contribution in [3.8, 4) is 0 Å². The van der Waals surface area contributed by atoms with Gasteiger partial charge in [-0.2, -0.15) is 0 Å². The van der Waals surface area contributed by atoms with Crippen LogP contribution in [-0.4, -0.2) is 30.1 Å². The summed E-state index contributed by atoms with van der Waals surface area (Å²) in [5.74, 6) is 1.96. The summed E-state index contributed by atoms with van der Waals surface area (Å²) in [6.45, 7) is 5.48. The lowest BCUT2D eigenvalue weighted by atomic mass is 10.1. The third-order valence-corrected chi connectivity index (χ3v) is 3.75. The van der Waals surface area contributed by atoms with Crippen molar-refractivity contribution in [1.82, 2.24) is 15.4 Å². The van der Waals surface area contributed by atoms with Gasteiger partial charge < -0.3 is 14.7 Å². The highest BCUT2D eigenvalue weighted by molar-refractivity contribution is 6.30. The number of hydrogen-bond acceptors (Lipinski definition) is 3. The molecule has 0 saturated heterocycles. The number of hydrogen-bond donors (Lipinski definition) is 1. The highest BCUT2D eigenvalue weighted by atomic mass is 35.5. The summed E-state index contributed by atoms with van der Waals surface area (Å²) in [7, 11) is 3.75. The van der Waals surface area contributed by atoms with Crippen LogP contribution in [0.15, 0.2) is 39.8 Å². The van der Waals surface area contributed by atoms with E-state index in [1.807, 2.05) is 42.3 Å². The number of benzene rings is 1. The van der Waals surface area contributed by atoms with Crippen LogP contribution in [0.2, 0.25) is 5.02 Å². The molecule has 0 aliphatic rings. The molecule has 1 aromatic heterocycles. The first kappa shape index (κ1) is 17.3. The Labute approximate surface area is 142 Å². The number of aliphatic imine (C=N–C) groups is 1. The van der Waals surface area contributed by atoms with E-state index in [2.05, 4.69) is 29.3 Å². The van der Waals surface area contributed by atoms with Crippen molar-refractivity contribution in [2.45, 2.75) is 32.9 Å². The van der Waals surface area contributed by atoms with E-state index in [4.69, 9.17) is 16.1 Å². The Morgan fingerprint density at radius 3 is 2.61 bits per heavy atom. The first-order valence-corrected chi connectivity index (χ1v) is 7.99. The van der Waals surface area contributed by atoms with Gasteiger partial charge in [0.1, 0.15) is 0 Å². The Morgan fingerprint density at radius 1 is 1.35 bits per heavy atom. The van der Waals surface area contributed by atoms with Crippen LogP contribution in [-0.2, 0) is 13.1 Å². The predicted octanol–water partition coefficient (Wildman–Crippen LogP) is 3.66. The van der Waals surface area contributed by atoms with Crippen LogP contribution in [0.5, 0.6) is 0 Å². The van der Waals surface area contributed by atoms with E-state index < -0.39 is 0 Å².